The van der Waals surface area contributed by atoms with Crippen molar-refractivity contribution in [2.24, 2.45) is 5.16 Å². The van der Waals surface area contributed by atoms with E-state index in [1.54, 1.807) is 36.4 Å². The molecule has 0 atom stereocenters. The highest BCUT2D eigenvalue weighted by Crippen LogP contribution is 2.21. The van der Waals surface area contributed by atoms with E-state index in [-0.39, 0.29) is 5.71 Å². The standard InChI is InChI=1S/C15H15NO5/c1-15(2,14(17)18)21-11-7-5-10(6-8-11)13(16-19)12-4-3-9-20-12/h3-9,19H,1-2H3,(H,17,18)/b16-13+. The third-order valence-corrected chi connectivity index (χ3v) is 2.87. The molecule has 0 saturated carbocycles. The van der Waals surface area contributed by atoms with Crippen LogP contribution in [0.4, 0.5) is 0 Å². The van der Waals surface area contributed by atoms with Gasteiger partial charge in [-0.1, -0.05) is 5.16 Å². The number of ether oxygens (including phenoxy) is 1. The van der Waals surface area contributed by atoms with Crippen molar-refractivity contribution in [2.75, 3.05) is 0 Å². The van der Waals surface area contributed by atoms with Crippen molar-refractivity contribution in [3.63, 3.8) is 0 Å². The number of oxime groups is 1. The van der Waals surface area contributed by atoms with Crippen LogP contribution in [-0.4, -0.2) is 27.6 Å². The molecule has 1 heterocycles. The van der Waals surface area contributed by atoms with Gasteiger partial charge in [-0.05, 0) is 50.2 Å². The van der Waals surface area contributed by atoms with Gasteiger partial charge in [0.2, 0.25) is 0 Å². The molecule has 0 amide bonds. The molecule has 1 aromatic heterocycles. The average Bonchev–Trinajstić information content (AvgIpc) is 2.95. The number of rotatable bonds is 5. The molecule has 0 spiro atoms. The third kappa shape index (κ3) is 3.22. The maximum atomic E-state index is 11.0. The molecule has 6 heteroatoms. The smallest absolute Gasteiger partial charge is 0.347 e. The maximum Gasteiger partial charge on any atom is 0.347 e. The summed E-state index contributed by atoms with van der Waals surface area (Å²) in [5, 5.41) is 21.3. The van der Waals surface area contributed by atoms with E-state index in [0.717, 1.165) is 0 Å². The lowest BCUT2D eigenvalue weighted by atomic mass is 10.1. The van der Waals surface area contributed by atoms with Gasteiger partial charge in [-0.3, -0.25) is 0 Å². The molecule has 0 saturated heterocycles. The number of hydrogen-bond acceptors (Lipinski definition) is 5. The Kier molecular flexibility index (Phi) is 3.98. The third-order valence-electron chi connectivity index (χ3n) is 2.87. The number of hydrogen-bond donors (Lipinski definition) is 2. The Morgan fingerprint density at radius 2 is 1.90 bits per heavy atom. The summed E-state index contributed by atoms with van der Waals surface area (Å²) in [5.74, 6) is -0.223. The van der Waals surface area contributed by atoms with Crippen molar-refractivity contribution in [1.82, 2.24) is 0 Å². The maximum absolute atomic E-state index is 11.0. The molecule has 21 heavy (non-hydrogen) atoms. The first kappa shape index (κ1) is 14.6. The topological polar surface area (TPSA) is 92.3 Å². The number of furan rings is 1. The molecular formula is C15H15NO5. The minimum atomic E-state index is -1.32. The molecule has 1 aromatic carbocycles. The zero-order valence-electron chi connectivity index (χ0n) is 11.6. The lowest BCUT2D eigenvalue weighted by molar-refractivity contribution is -0.152. The van der Waals surface area contributed by atoms with Crippen molar-refractivity contribution >= 4 is 11.7 Å². The second kappa shape index (κ2) is 5.70. The first-order valence-corrected chi connectivity index (χ1v) is 6.23. The van der Waals surface area contributed by atoms with Gasteiger partial charge < -0.3 is 19.5 Å². The van der Waals surface area contributed by atoms with E-state index in [1.807, 2.05) is 0 Å². The Bertz CT molecular complexity index is 641. The summed E-state index contributed by atoms with van der Waals surface area (Å²) < 4.78 is 10.6. The van der Waals surface area contributed by atoms with Gasteiger partial charge in [0.25, 0.3) is 0 Å². The zero-order chi connectivity index (χ0) is 15.5. The van der Waals surface area contributed by atoms with Crippen molar-refractivity contribution < 1.29 is 24.3 Å². The Balaban J connectivity index is 2.21. The lowest BCUT2D eigenvalue weighted by Crippen LogP contribution is -2.37. The summed E-state index contributed by atoms with van der Waals surface area (Å²) in [5.41, 5.74) is -0.423. The van der Waals surface area contributed by atoms with Gasteiger partial charge in [-0.25, -0.2) is 4.79 Å². The van der Waals surface area contributed by atoms with Crippen molar-refractivity contribution in [3.8, 4) is 5.75 Å². The molecule has 0 aliphatic rings. The summed E-state index contributed by atoms with van der Waals surface area (Å²) >= 11 is 0. The number of aliphatic carboxylic acids is 1. The largest absolute Gasteiger partial charge is 0.478 e. The highest BCUT2D eigenvalue weighted by molar-refractivity contribution is 6.10. The second-order valence-corrected chi connectivity index (χ2v) is 4.87. The lowest BCUT2D eigenvalue weighted by Gasteiger charge is -2.21. The molecule has 110 valence electrons. The summed E-state index contributed by atoms with van der Waals surface area (Å²) in [4.78, 5) is 11.0. The van der Waals surface area contributed by atoms with E-state index < -0.39 is 11.6 Å². The molecule has 2 rings (SSSR count). The normalized spacial score (nSPS) is 12.2. The van der Waals surface area contributed by atoms with E-state index in [4.69, 9.17) is 19.5 Å². The molecular weight excluding hydrogens is 274 g/mol. The van der Waals surface area contributed by atoms with Gasteiger partial charge in [-0.15, -0.1) is 0 Å². The predicted molar refractivity (Wildman–Crippen MR) is 74.9 cm³/mol. The molecule has 0 aliphatic heterocycles. The number of carboxylic acids is 1. The SMILES string of the molecule is CC(C)(Oc1ccc(/C(=N\O)c2ccco2)cc1)C(=O)O. The van der Waals surface area contributed by atoms with Gasteiger partial charge in [-0.2, -0.15) is 0 Å². The van der Waals surface area contributed by atoms with Crippen molar-refractivity contribution in [3.05, 3.63) is 54.0 Å². The fourth-order valence-corrected chi connectivity index (χ4v) is 1.68. The molecule has 2 N–H and O–H groups in total. The summed E-state index contributed by atoms with van der Waals surface area (Å²) in [6.07, 6.45) is 1.48. The molecule has 0 bridgehead atoms. The number of benzene rings is 1. The van der Waals surface area contributed by atoms with Crippen LogP contribution < -0.4 is 4.74 Å². The number of nitrogens with zero attached hydrogens (tertiary/aromatic N) is 1. The first-order valence-electron chi connectivity index (χ1n) is 6.23. The van der Waals surface area contributed by atoms with Crippen LogP contribution in [0.3, 0.4) is 0 Å². The highest BCUT2D eigenvalue weighted by atomic mass is 16.5. The molecule has 2 aromatic rings. The Labute approximate surface area is 121 Å². The van der Waals surface area contributed by atoms with E-state index in [9.17, 15) is 4.79 Å². The van der Waals surface area contributed by atoms with Gasteiger partial charge >= 0.3 is 5.97 Å². The summed E-state index contributed by atoms with van der Waals surface area (Å²) in [6, 6.07) is 9.89. The number of carbonyl (C=O) groups is 1. The fraction of sp³-hybridized carbons (Fsp3) is 0.200. The molecule has 0 unspecified atom stereocenters. The molecule has 6 nitrogen and oxygen atoms in total. The molecule has 0 radical (unpaired) electrons. The van der Waals surface area contributed by atoms with Crippen LogP contribution in [0.25, 0.3) is 0 Å². The summed E-state index contributed by atoms with van der Waals surface area (Å²) in [6.45, 7) is 2.93. The van der Waals surface area contributed by atoms with Crippen molar-refractivity contribution in [2.45, 2.75) is 19.4 Å². The molecule has 0 fully saturated rings. The summed E-state index contributed by atoms with van der Waals surface area (Å²) in [7, 11) is 0. The Morgan fingerprint density at radius 1 is 1.24 bits per heavy atom. The van der Waals surface area contributed by atoms with Crippen LogP contribution in [0, 0.1) is 0 Å². The predicted octanol–water partition coefficient (Wildman–Crippen LogP) is 2.75. The van der Waals surface area contributed by atoms with Gasteiger partial charge in [0.15, 0.2) is 17.1 Å². The van der Waals surface area contributed by atoms with Gasteiger partial charge in [0.05, 0.1) is 6.26 Å². The monoisotopic (exact) mass is 289 g/mol. The average molecular weight is 289 g/mol. The van der Waals surface area contributed by atoms with Crippen LogP contribution in [0.15, 0.2) is 52.2 Å². The van der Waals surface area contributed by atoms with E-state index in [2.05, 4.69) is 5.16 Å². The quantitative estimate of drug-likeness (QED) is 0.501. The zero-order valence-corrected chi connectivity index (χ0v) is 11.6. The first-order chi connectivity index (χ1) is 9.94. The number of carboxylic acid groups (broad SMARTS) is 1. The van der Waals surface area contributed by atoms with Crippen molar-refractivity contribution in [1.29, 1.82) is 0 Å². The Hall–Kier alpha value is -2.76. The second-order valence-electron chi connectivity index (χ2n) is 4.87. The van der Waals surface area contributed by atoms with Crippen LogP contribution in [0.5, 0.6) is 5.75 Å². The minimum Gasteiger partial charge on any atom is -0.478 e. The van der Waals surface area contributed by atoms with Gasteiger partial charge in [0, 0.05) is 5.56 Å². The van der Waals surface area contributed by atoms with E-state index in [0.29, 0.717) is 17.1 Å². The van der Waals surface area contributed by atoms with Crippen LogP contribution in [-0.2, 0) is 4.79 Å². The minimum absolute atomic E-state index is 0.282. The van der Waals surface area contributed by atoms with Crippen LogP contribution in [0.2, 0.25) is 0 Å². The highest BCUT2D eigenvalue weighted by Gasteiger charge is 2.29. The van der Waals surface area contributed by atoms with E-state index in [1.165, 1.54) is 20.1 Å². The van der Waals surface area contributed by atoms with E-state index >= 15 is 0 Å². The van der Waals surface area contributed by atoms with Gasteiger partial charge in [0.1, 0.15) is 5.75 Å². The van der Waals surface area contributed by atoms with Crippen LogP contribution >= 0.6 is 0 Å². The Morgan fingerprint density at radius 3 is 2.38 bits per heavy atom. The fourth-order valence-electron chi connectivity index (χ4n) is 1.68. The molecule has 0 aliphatic carbocycles. The van der Waals surface area contributed by atoms with Crippen LogP contribution in [0.1, 0.15) is 25.2 Å².